The van der Waals surface area contributed by atoms with Crippen LogP contribution in [-0.2, 0) is 0 Å². The Morgan fingerprint density at radius 2 is 1.59 bits per heavy atom. The van der Waals surface area contributed by atoms with E-state index >= 15 is 0 Å². The van der Waals surface area contributed by atoms with Gasteiger partial charge in [0.2, 0.25) is 0 Å². The molecular weight excluding hydrogens is 278 g/mol. The highest BCUT2D eigenvalue weighted by atomic mass is 16.1. The topological polar surface area (TPSA) is 72.0 Å². The van der Waals surface area contributed by atoms with Gasteiger partial charge in [0.25, 0.3) is 5.91 Å². The predicted molar refractivity (Wildman–Crippen MR) is 83.6 cm³/mol. The molecule has 2 aromatic rings. The molecule has 1 N–H and O–H groups in total. The molecule has 0 aromatic carbocycles. The van der Waals surface area contributed by atoms with Gasteiger partial charge in [0.15, 0.2) is 5.78 Å². The Bertz CT molecular complexity index is 544. The normalized spacial score (nSPS) is 10.2. The Kier molecular flexibility index (Phi) is 6.23. The van der Waals surface area contributed by atoms with Crippen LogP contribution in [0.3, 0.4) is 0 Å². The molecule has 0 aliphatic rings. The number of nitrogens with zero attached hydrogens (tertiary/aromatic N) is 2. The van der Waals surface area contributed by atoms with Crippen LogP contribution in [-0.4, -0.2) is 28.2 Å². The molecule has 2 heterocycles. The molecule has 0 unspecified atom stereocenters. The molecule has 5 heteroatoms. The quantitative estimate of drug-likeness (QED) is 0.600. The molecule has 2 aromatic heterocycles. The molecule has 114 valence electrons. The molecule has 0 saturated carbocycles. The first-order chi connectivity index (χ1) is 10.8. The van der Waals surface area contributed by atoms with E-state index in [2.05, 4.69) is 15.3 Å². The van der Waals surface area contributed by atoms with Crippen molar-refractivity contribution in [2.45, 2.75) is 25.7 Å². The third-order valence-electron chi connectivity index (χ3n) is 3.27. The zero-order chi connectivity index (χ0) is 15.6. The first-order valence-electron chi connectivity index (χ1n) is 7.39. The van der Waals surface area contributed by atoms with Crippen LogP contribution in [0.2, 0.25) is 0 Å². The Morgan fingerprint density at radius 1 is 0.909 bits per heavy atom. The van der Waals surface area contributed by atoms with Crippen LogP contribution in [0, 0.1) is 0 Å². The molecule has 1 amide bonds. The van der Waals surface area contributed by atoms with E-state index in [1.54, 1.807) is 49.1 Å². The van der Waals surface area contributed by atoms with E-state index in [-0.39, 0.29) is 11.7 Å². The van der Waals surface area contributed by atoms with E-state index in [1.807, 2.05) is 0 Å². The summed E-state index contributed by atoms with van der Waals surface area (Å²) in [4.78, 5) is 31.5. The summed E-state index contributed by atoms with van der Waals surface area (Å²) in [6, 6.07) is 7.01. The summed E-state index contributed by atoms with van der Waals surface area (Å²) in [6.07, 6.45) is 9.51. The van der Waals surface area contributed by atoms with Crippen molar-refractivity contribution in [3.8, 4) is 0 Å². The number of nitrogens with one attached hydrogen (secondary N) is 1. The van der Waals surface area contributed by atoms with Crippen molar-refractivity contribution < 1.29 is 9.59 Å². The lowest BCUT2D eigenvalue weighted by Gasteiger charge is -2.05. The lowest BCUT2D eigenvalue weighted by molar-refractivity contribution is 0.0947. The molecule has 0 saturated heterocycles. The number of rotatable bonds is 8. The predicted octanol–water partition coefficient (Wildman–Crippen LogP) is 2.65. The number of aromatic nitrogens is 2. The fraction of sp³-hybridized carbons (Fsp3) is 0.294. The van der Waals surface area contributed by atoms with Gasteiger partial charge in [-0.3, -0.25) is 19.6 Å². The number of hydrogen-bond donors (Lipinski definition) is 1. The van der Waals surface area contributed by atoms with E-state index in [9.17, 15) is 9.59 Å². The zero-order valence-electron chi connectivity index (χ0n) is 12.4. The van der Waals surface area contributed by atoms with Gasteiger partial charge in [-0.25, -0.2) is 0 Å². The summed E-state index contributed by atoms with van der Waals surface area (Å²) >= 11 is 0. The van der Waals surface area contributed by atoms with Crippen molar-refractivity contribution in [1.29, 1.82) is 0 Å². The van der Waals surface area contributed by atoms with Gasteiger partial charge in [-0.15, -0.1) is 0 Å². The second kappa shape index (κ2) is 8.67. The van der Waals surface area contributed by atoms with Crippen molar-refractivity contribution in [2.75, 3.05) is 6.54 Å². The first-order valence-corrected chi connectivity index (χ1v) is 7.39. The number of carbonyl (C=O) groups excluding carboxylic acids is 2. The summed E-state index contributed by atoms with van der Waals surface area (Å²) in [6.45, 7) is 0.606. The molecule has 0 radical (unpaired) electrons. The Hall–Kier alpha value is -2.56. The number of amides is 1. The second-order valence-corrected chi connectivity index (χ2v) is 4.97. The number of unbranched alkanes of at least 4 members (excludes halogenated alkanes) is 2. The van der Waals surface area contributed by atoms with Crippen LogP contribution in [0.4, 0.5) is 0 Å². The lowest BCUT2D eigenvalue weighted by atomic mass is 10.1. The fourth-order valence-electron chi connectivity index (χ4n) is 2.06. The Balaban J connectivity index is 1.58. The maximum atomic E-state index is 11.9. The fourth-order valence-corrected chi connectivity index (χ4v) is 2.06. The standard InChI is InChI=1S/C17H19N3O2/c21-16(14-6-4-9-18-12-14)8-2-1-3-11-20-17(22)15-7-5-10-19-13-15/h4-7,9-10,12-13H,1-3,8,11H2,(H,20,22). The molecule has 0 fully saturated rings. The summed E-state index contributed by atoms with van der Waals surface area (Å²) in [5.74, 6) is 0.00651. The number of carbonyl (C=O) groups is 2. The smallest absolute Gasteiger partial charge is 0.252 e. The van der Waals surface area contributed by atoms with E-state index in [0.29, 0.717) is 24.1 Å². The van der Waals surface area contributed by atoms with E-state index in [4.69, 9.17) is 0 Å². The van der Waals surface area contributed by atoms with Crippen molar-refractivity contribution in [1.82, 2.24) is 15.3 Å². The third kappa shape index (κ3) is 5.09. The average molecular weight is 297 g/mol. The molecule has 0 aliphatic heterocycles. The first kappa shape index (κ1) is 15.8. The summed E-state index contributed by atoms with van der Waals surface area (Å²) in [5, 5.41) is 2.84. The second-order valence-electron chi connectivity index (χ2n) is 4.97. The minimum absolute atomic E-state index is 0.112. The van der Waals surface area contributed by atoms with Crippen molar-refractivity contribution in [3.05, 3.63) is 60.2 Å². The minimum Gasteiger partial charge on any atom is -0.352 e. The SMILES string of the molecule is O=C(CCCCCNC(=O)c1cccnc1)c1cccnc1. The van der Waals surface area contributed by atoms with Crippen molar-refractivity contribution in [2.24, 2.45) is 0 Å². The number of pyridine rings is 2. The molecule has 0 aliphatic carbocycles. The van der Waals surface area contributed by atoms with Crippen LogP contribution in [0.5, 0.6) is 0 Å². The van der Waals surface area contributed by atoms with Crippen LogP contribution in [0.1, 0.15) is 46.4 Å². The molecule has 2 rings (SSSR count). The van der Waals surface area contributed by atoms with Crippen molar-refractivity contribution in [3.63, 3.8) is 0 Å². The summed E-state index contributed by atoms with van der Waals surface area (Å²) in [7, 11) is 0. The Morgan fingerprint density at radius 3 is 2.23 bits per heavy atom. The van der Waals surface area contributed by atoms with Gasteiger partial charge in [0.05, 0.1) is 5.56 Å². The zero-order valence-corrected chi connectivity index (χ0v) is 12.4. The van der Waals surface area contributed by atoms with Gasteiger partial charge < -0.3 is 5.32 Å². The van der Waals surface area contributed by atoms with E-state index in [1.165, 1.54) is 0 Å². The van der Waals surface area contributed by atoms with Crippen LogP contribution in [0.25, 0.3) is 0 Å². The number of Topliss-reactive ketones (excluding diaryl/α,β-unsaturated/α-hetero) is 1. The Labute approximate surface area is 129 Å². The van der Waals surface area contributed by atoms with Gasteiger partial charge in [-0.05, 0) is 37.1 Å². The van der Waals surface area contributed by atoms with Gasteiger partial charge in [-0.2, -0.15) is 0 Å². The number of hydrogen-bond acceptors (Lipinski definition) is 4. The van der Waals surface area contributed by atoms with E-state index < -0.39 is 0 Å². The lowest BCUT2D eigenvalue weighted by Crippen LogP contribution is -2.24. The highest BCUT2D eigenvalue weighted by molar-refractivity contribution is 5.95. The van der Waals surface area contributed by atoms with Crippen LogP contribution >= 0.6 is 0 Å². The molecular formula is C17H19N3O2. The third-order valence-corrected chi connectivity index (χ3v) is 3.27. The van der Waals surface area contributed by atoms with Gasteiger partial charge >= 0.3 is 0 Å². The van der Waals surface area contributed by atoms with Gasteiger partial charge in [0.1, 0.15) is 0 Å². The summed E-state index contributed by atoms with van der Waals surface area (Å²) < 4.78 is 0. The molecule has 0 bridgehead atoms. The largest absolute Gasteiger partial charge is 0.352 e. The van der Waals surface area contributed by atoms with Crippen LogP contribution < -0.4 is 5.32 Å². The average Bonchev–Trinajstić information content (AvgIpc) is 2.59. The van der Waals surface area contributed by atoms with E-state index in [0.717, 1.165) is 19.3 Å². The van der Waals surface area contributed by atoms with Crippen molar-refractivity contribution >= 4 is 11.7 Å². The summed E-state index contributed by atoms with van der Waals surface area (Å²) in [5.41, 5.74) is 1.22. The molecule has 5 nitrogen and oxygen atoms in total. The van der Waals surface area contributed by atoms with Gasteiger partial charge in [-0.1, -0.05) is 6.42 Å². The molecule has 0 spiro atoms. The highest BCUT2D eigenvalue weighted by Gasteiger charge is 2.06. The number of ketones is 1. The molecule has 22 heavy (non-hydrogen) atoms. The molecule has 0 atom stereocenters. The highest BCUT2D eigenvalue weighted by Crippen LogP contribution is 2.06. The maximum Gasteiger partial charge on any atom is 0.252 e. The maximum absolute atomic E-state index is 11.9. The van der Waals surface area contributed by atoms with Gasteiger partial charge in [0, 0.05) is 43.3 Å². The van der Waals surface area contributed by atoms with Crippen LogP contribution in [0.15, 0.2) is 49.1 Å². The minimum atomic E-state index is -0.112. The monoisotopic (exact) mass is 297 g/mol.